The minimum atomic E-state index is -0.0945. The van der Waals surface area contributed by atoms with E-state index in [2.05, 4.69) is 19.2 Å². The van der Waals surface area contributed by atoms with E-state index in [4.69, 9.17) is 5.73 Å². The molecule has 0 heterocycles. The lowest BCUT2D eigenvalue weighted by atomic mass is 9.92. The molecule has 0 aromatic heterocycles. The van der Waals surface area contributed by atoms with Crippen LogP contribution in [0.2, 0.25) is 0 Å². The smallest absolute Gasteiger partial charge is 0.227 e. The molecule has 3 N–H and O–H groups in total. The van der Waals surface area contributed by atoms with E-state index in [0.717, 1.165) is 36.9 Å². The van der Waals surface area contributed by atoms with Crippen LogP contribution in [-0.2, 0) is 16.1 Å². The second-order valence-electron chi connectivity index (χ2n) is 8.30. The third-order valence-electron chi connectivity index (χ3n) is 4.95. The number of amides is 2. The van der Waals surface area contributed by atoms with Crippen LogP contribution in [0.3, 0.4) is 0 Å². The number of nitrogens with zero attached hydrogens (tertiary/aromatic N) is 1. The van der Waals surface area contributed by atoms with E-state index in [1.54, 1.807) is 0 Å². The Morgan fingerprint density at radius 1 is 1.12 bits per heavy atom. The average Bonchev–Trinajstić information content (AvgIpc) is 3.48. The van der Waals surface area contributed by atoms with Gasteiger partial charge in [0.15, 0.2) is 0 Å². The second kappa shape index (κ2) is 7.16. The Bertz CT molecular complexity index is 631. The molecule has 0 saturated heterocycles. The molecule has 25 heavy (non-hydrogen) atoms. The van der Waals surface area contributed by atoms with Gasteiger partial charge in [-0.1, -0.05) is 26.0 Å². The summed E-state index contributed by atoms with van der Waals surface area (Å²) in [6.07, 6.45) is 4.01. The zero-order valence-corrected chi connectivity index (χ0v) is 15.3. The van der Waals surface area contributed by atoms with Gasteiger partial charge in [0.1, 0.15) is 0 Å². The largest absolute Gasteiger partial charge is 0.338 e. The summed E-state index contributed by atoms with van der Waals surface area (Å²) in [7, 11) is 0. The number of hydrogen-bond donors (Lipinski definition) is 2. The first-order valence-corrected chi connectivity index (χ1v) is 9.26. The summed E-state index contributed by atoms with van der Waals surface area (Å²) in [4.78, 5) is 26.4. The van der Waals surface area contributed by atoms with E-state index < -0.39 is 0 Å². The Labute approximate surface area is 150 Å². The van der Waals surface area contributed by atoms with Gasteiger partial charge < -0.3 is 16.0 Å². The molecule has 2 amide bonds. The number of carbonyl (C=O) groups excluding carboxylic acids is 2. The fourth-order valence-electron chi connectivity index (χ4n) is 2.89. The van der Waals surface area contributed by atoms with Crippen molar-refractivity contribution in [3.05, 3.63) is 29.8 Å². The van der Waals surface area contributed by atoms with Crippen LogP contribution in [0.5, 0.6) is 0 Å². The van der Waals surface area contributed by atoms with Crippen LogP contribution < -0.4 is 11.1 Å². The Balaban J connectivity index is 1.63. The Morgan fingerprint density at radius 3 is 2.24 bits per heavy atom. The van der Waals surface area contributed by atoms with E-state index in [0.29, 0.717) is 19.6 Å². The van der Waals surface area contributed by atoms with Crippen LogP contribution in [-0.4, -0.2) is 29.8 Å². The molecule has 5 heteroatoms. The second-order valence-corrected chi connectivity index (χ2v) is 8.30. The topological polar surface area (TPSA) is 75.4 Å². The average molecular weight is 343 g/mol. The predicted octanol–water partition coefficient (Wildman–Crippen LogP) is 2.76. The molecule has 1 aromatic carbocycles. The first kappa shape index (κ1) is 17.9. The van der Waals surface area contributed by atoms with Crippen LogP contribution in [0.1, 0.15) is 45.1 Å². The van der Waals surface area contributed by atoms with Crippen molar-refractivity contribution in [3.63, 3.8) is 0 Å². The van der Waals surface area contributed by atoms with Gasteiger partial charge in [-0.25, -0.2) is 0 Å². The van der Waals surface area contributed by atoms with E-state index in [1.165, 1.54) is 0 Å². The van der Waals surface area contributed by atoms with E-state index in [-0.39, 0.29) is 29.1 Å². The molecule has 2 fully saturated rings. The zero-order valence-electron chi connectivity index (χ0n) is 15.3. The maximum absolute atomic E-state index is 12.6. The Hall–Kier alpha value is -1.88. The van der Waals surface area contributed by atoms with Gasteiger partial charge in [0, 0.05) is 30.6 Å². The lowest BCUT2D eigenvalue weighted by molar-refractivity contribution is -0.134. The van der Waals surface area contributed by atoms with Crippen LogP contribution >= 0.6 is 0 Å². The number of nitrogens with two attached hydrogens (primary N) is 1. The first-order valence-electron chi connectivity index (χ1n) is 9.26. The molecule has 0 aliphatic heterocycles. The van der Waals surface area contributed by atoms with Crippen molar-refractivity contribution in [1.29, 1.82) is 0 Å². The maximum Gasteiger partial charge on any atom is 0.227 e. The number of nitrogens with one attached hydrogen (secondary N) is 1. The summed E-state index contributed by atoms with van der Waals surface area (Å²) in [5, 5.41) is 2.95. The van der Waals surface area contributed by atoms with Crippen molar-refractivity contribution in [2.45, 2.75) is 46.1 Å². The van der Waals surface area contributed by atoms with Gasteiger partial charge in [-0.2, -0.15) is 0 Å². The minimum absolute atomic E-state index is 0.0945. The predicted molar refractivity (Wildman–Crippen MR) is 98.8 cm³/mol. The SMILES string of the molecule is CC(C)(CN)CN(Cc1ccc(NC(=O)C2CC2)cc1)C(=O)C1CC1. The van der Waals surface area contributed by atoms with Crippen molar-refractivity contribution in [1.82, 2.24) is 4.90 Å². The quantitative estimate of drug-likeness (QED) is 0.762. The highest BCUT2D eigenvalue weighted by Gasteiger charge is 2.35. The number of rotatable bonds is 8. The van der Waals surface area contributed by atoms with Gasteiger partial charge in [0.2, 0.25) is 11.8 Å². The highest BCUT2D eigenvalue weighted by molar-refractivity contribution is 5.94. The lowest BCUT2D eigenvalue weighted by Gasteiger charge is -2.32. The minimum Gasteiger partial charge on any atom is -0.338 e. The molecule has 0 radical (unpaired) electrons. The van der Waals surface area contributed by atoms with Crippen molar-refractivity contribution >= 4 is 17.5 Å². The molecular formula is C20H29N3O2. The van der Waals surface area contributed by atoms with Gasteiger partial charge in [0.05, 0.1) is 0 Å². The maximum atomic E-state index is 12.6. The molecule has 0 bridgehead atoms. The molecular weight excluding hydrogens is 314 g/mol. The summed E-state index contributed by atoms with van der Waals surface area (Å²) in [5.41, 5.74) is 7.66. The van der Waals surface area contributed by atoms with Crippen LogP contribution in [0.4, 0.5) is 5.69 Å². The van der Waals surface area contributed by atoms with Crippen LogP contribution in [0, 0.1) is 17.3 Å². The number of hydrogen-bond acceptors (Lipinski definition) is 3. The zero-order chi connectivity index (χ0) is 18.0. The summed E-state index contributed by atoms with van der Waals surface area (Å²) >= 11 is 0. The van der Waals surface area contributed by atoms with Gasteiger partial charge in [-0.3, -0.25) is 9.59 Å². The van der Waals surface area contributed by atoms with Gasteiger partial charge in [-0.05, 0) is 55.3 Å². The summed E-state index contributed by atoms with van der Waals surface area (Å²) < 4.78 is 0. The standard InChI is InChI=1S/C20H29N3O2/c1-20(2,12-21)13-23(19(25)16-7-8-16)11-14-3-9-17(10-4-14)22-18(24)15-5-6-15/h3-4,9-10,15-16H,5-8,11-13,21H2,1-2H3,(H,22,24). The molecule has 5 nitrogen and oxygen atoms in total. The molecule has 0 unspecified atom stereocenters. The Kier molecular flexibility index (Phi) is 5.13. The highest BCUT2D eigenvalue weighted by atomic mass is 16.2. The van der Waals surface area contributed by atoms with Crippen molar-refractivity contribution < 1.29 is 9.59 Å². The summed E-state index contributed by atoms with van der Waals surface area (Å²) in [5.74, 6) is 0.756. The molecule has 0 atom stereocenters. The molecule has 2 saturated carbocycles. The fourth-order valence-corrected chi connectivity index (χ4v) is 2.89. The summed E-state index contributed by atoms with van der Waals surface area (Å²) in [6.45, 7) is 6.00. The third kappa shape index (κ3) is 5.05. The molecule has 136 valence electrons. The third-order valence-corrected chi connectivity index (χ3v) is 4.95. The van der Waals surface area contributed by atoms with Crippen molar-refractivity contribution in [2.75, 3.05) is 18.4 Å². The molecule has 2 aliphatic carbocycles. The van der Waals surface area contributed by atoms with Crippen molar-refractivity contribution in [3.8, 4) is 0 Å². The van der Waals surface area contributed by atoms with Gasteiger partial charge in [0.25, 0.3) is 0 Å². The molecule has 3 rings (SSSR count). The van der Waals surface area contributed by atoms with E-state index in [1.807, 2.05) is 29.2 Å². The highest BCUT2D eigenvalue weighted by Crippen LogP contribution is 2.33. The number of anilines is 1. The lowest BCUT2D eigenvalue weighted by Crippen LogP contribution is -2.42. The van der Waals surface area contributed by atoms with E-state index in [9.17, 15) is 9.59 Å². The first-order chi connectivity index (χ1) is 11.9. The molecule has 2 aliphatic rings. The molecule has 0 spiro atoms. The monoisotopic (exact) mass is 343 g/mol. The van der Waals surface area contributed by atoms with Crippen molar-refractivity contribution in [2.24, 2.45) is 23.0 Å². The van der Waals surface area contributed by atoms with Gasteiger partial charge in [-0.15, -0.1) is 0 Å². The van der Waals surface area contributed by atoms with Crippen LogP contribution in [0.15, 0.2) is 24.3 Å². The van der Waals surface area contributed by atoms with Crippen LogP contribution in [0.25, 0.3) is 0 Å². The van der Waals surface area contributed by atoms with Gasteiger partial charge >= 0.3 is 0 Å². The fraction of sp³-hybridized carbons (Fsp3) is 0.600. The number of carbonyl (C=O) groups is 2. The number of benzene rings is 1. The Morgan fingerprint density at radius 2 is 1.72 bits per heavy atom. The normalized spacial score (nSPS) is 17.2. The van der Waals surface area contributed by atoms with E-state index >= 15 is 0 Å². The molecule has 1 aromatic rings. The summed E-state index contributed by atoms with van der Waals surface area (Å²) in [6, 6.07) is 7.82.